The fourth-order valence-corrected chi connectivity index (χ4v) is 4.23. The highest BCUT2D eigenvalue weighted by atomic mass is 16.2. The molecule has 0 aromatic heterocycles. The highest BCUT2D eigenvalue weighted by Gasteiger charge is 2.27. The Bertz CT molecular complexity index is 831. The molecule has 0 atom stereocenters. The van der Waals surface area contributed by atoms with Crippen LogP contribution in [0.2, 0.25) is 0 Å². The van der Waals surface area contributed by atoms with E-state index in [9.17, 15) is 9.59 Å². The second kappa shape index (κ2) is 10.9. The fourth-order valence-electron chi connectivity index (χ4n) is 4.23. The minimum atomic E-state index is -0.102. The molecule has 2 amide bonds. The van der Waals surface area contributed by atoms with E-state index in [1.165, 1.54) is 6.42 Å². The van der Waals surface area contributed by atoms with Crippen molar-refractivity contribution in [1.82, 2.24) is 4.90 Å². The van der Waals surface area contributed by atoms with Crippen LogP contribution in [0.25, 0.3) is 0 Å². The molecule has 2 aromatic carbocycles. The summed E-state index contributed by atoms with van der Waals surface area (Å²) in [5, 5.41) is 2.98. The predicted octanol–water partition coefficient (Wildman–Crippen LogP) is 4.49. The maximum absolute atomic E-state index is 13.2. The molecule has 1 N–H and O–H groups in total. The van der Waals surface area contributed by atoms with Crippen molar-refractivity contribution in [2.45, 2.75) is 51.5 Å². The molecular weight excluding hydrogens is 374 g/mol. The van der Waals surface area contributed by atoms with Gasteiger partial charge in [-0.15, -0.1) is 0 Å². The van der Waals surface area contributed by atoms with Crippen LogP contribution in [0.1, 0.15) is 44.6 Å². The third-order valence-electron chi connectivity index (χ3n) is 5.73. The Morgan fingerprint density at radius 1 is 0.933 bits per heavy atom. The number of aryl methyl sites for hydroxylation is 1. The lowest BCUT2D eigenvalue weighted by Crippen LogP contribution is -2.47. The average Bonchev–Trinajstić information content (AvgIpc) is 2.75. The number of likely N-dealkylation sites (N-methyl/N-ethyl adjacent to an activating group) is 1. The van der Waals surface area contributed by atoms with Crippen LogP contribution >= 0.6 is 0 Å². The number of benzene rings is 2. The average molecular weight is 408 g/mol. The number of carbonyl (C=O) groups is 2. The molecule has 5 heteroatoms. The molecule has 1 aliphatic carbocycles. The minimum absolute atomic E-state index is 0.0531. The number of hydrogen-bond donors (Lipinski definition) is 1. The van der Waals surface area contributed by atoms with Gasteiger partial charge in [0.1, 0.15) is 0 Å². The lowest BCUT2D eigenvalue weighted by atomic mass is 9.93. The van der Waals surface area contributed by atoms with Gasteiger partial charge in [0.15, 0.2) is 0 Å². The van der Waals surface area contributed by atoms with Gasteiger partial charge < -0.3 is 10.2 Å². The molecule has 5 nitrogen and oxygen atoms in total. The highest BCUT2D eigenvalue weighted by Crippen LogP contribution is 2.27. The van der Waals surface area contributed by atoms with E-state index in [2.05, 4.69) is 12.2 Å². The van der Waals surface area contributed by atoms with E-state index >= 15 is 0 Å². The van der Waals surface area contributed by atoms with Gasteiger partial charge in [-0.1, -0.05) is 62.6 Å². The van der Waals surface area contributed by atoms with Crippen molar-refractivity contribution in [1.29, 1.82) is 0 Å². The summed E-state index contributed by atoms with van der Waals surface area (Å²) in [5.74, 6) is -0.0486. The van der Waals surface area contributed by atoms with Crippen LogP contribution in [0.4, 0.5) is 11.4 Å². The number of amides is 2. The highest BCUT2D eigenvalue weighted by molar-refractivity contribution is 5.96. The first-order valence-electron chi connectivity index (χ1n) is 11.0. The number of nitrogens with zero attached hydrogens (tertiary/aromatic N) is 2. The molecule has 0 heterocycles. The summed E-state index contributed by atoms with van der Waals surface area (Å²) in [6.45, 7) is 2.46. The molecule has 1 saturated carbocycles. The molecule has 1 aliphatic rings. The molecular formula is C25H33N3O2. The Labute approximate surface area is 180 Å². The molecule has 0 aliphatic heterocycles. The topological polar surface area (TPSA) is 52.7 Å². The standard InChI is InChI=1S/C25H33N3O2/c1-3-20-12-10-11-17-23(20)26-24(29)18-27(2)19-25(30)28(21-13-6-4-7-14-21)22-15-8-5-9-16-22/h4,6-7,10-14,17,22H,3,5,8-9,15-16,18-19H2,1-2H3,(H,26,29). The summed E-state index contributed by atoms with van der Waals surface area (Å²) in [6.07, 6.45) is 6.51. The van der Waals surface area contributed by atoms with Gasteiger partial charge in [0.05, 0.1) is 13.1 Å². The van der Waals surface area contributed by atoms with Crippen molar-refractivity contribution >= 4 is 23.2 Å². The number of anilines is 2. The summed E-state index contributed by atoms with van der Waals surface area (Å²) in [6, 6.07) is 18.0. The number of nitrogens with one attached hydrogen (secondary N) is 1. The molecule has 0 radical (unpaired) electrons. The zero-order valence-electron chi connectivity index (χ0n) is 18.1. The van der Waals surface area contributed by atoms with E-state index in [1.807, 2.05) is 66.5 Å². The number of carbonyl (C=O) groups excluding carboxylic acids is 2. The van der Waals surface area contributed by atoms with Crippen LogP contribution in [0, 0.1) is 0 Å². The van der Waals surface area contributed by atoms with E-state index in [0.29, 0.717) is 0 Å². The Kier molecular flexibility index (Phi) is 8.03. The Morgan fingerprint density at radius 3 is 2.30 bits per heavy atom. The van der Waals surface area contributed by atoms with E-state index < -0.39 is 0 Å². The van der Waals surface area contributed by atoms with E-state index in [4.69, 9.17) is 0 Å². The minimum Gasteiger partial charge on any atom is -0.325 e. The van der Waals surface area contributed by atoms with Gasteiger partial charge in [-0.3, -0.25) is 14.5 Å². The molecule has 0 saturated heterocycles. The van der Waals surface area contributed by atoms with Gasteiger partial charge in [0.25, 0.3) is 0 Å². The van der Waals surface area contributed by atoms with Crippen LogP contribution in [0.5, 0.6) is 0 Å². The molecule has 1 fully saturated rings. The zero-order chi connectivity index (χ0) is 21.3. The Morgan fingerprint density at radius 2 is 1.60 bits per heavy atom. The van der Waals surface area contributed by atoms with Gasteiger partial charge in [0.2, 0.25) is 11.8 Å². The van der Waals surface area contributed by atoms with Crippen LogP contribution in [0.15, 0.2) is 54.6 Å². The molecule has 0 bridgehead atoms. The molecule has 160 valence electrons. The summed E-state index contributed by atoms with van der Waals surface area (Å²) < 4.78 is 0. The van der Waals surface area contributed by atoms with Crippen molar-refractivity contribution in [3.05, 3.63) is 60.2 Å². The maximum Gasteiger partial charge on any atom is 0.241 e. The summed E-state index contributed by atoms with van der Waals surface area (Å²) in [5.41, 5.74) is 2.90. The van der Waals surface area contributed by atoms with Crippen molar-refractivity contribution in [2.75, 3.05) is 30.4 Å². The van der Waals surface area contributed by atoms with E-state index in [-0.39, 0.29) is 30.9 Å². The van der Waals surface area contributed by atoms with Crippen molar-refractivity contribution < 1.29 is 9.59 Å². The lowest BCUT2D eigenvalue weighted by molar-refractivity contribution is -0.121. The van der Waals surface area contributed by atoms with Crippen LogP contribution in [-0.2, 0) is 16.0 Å². The first kappa shape index (κ1) is 22.0. The first-order valence-corrected chi connectivity index (χ1v) is 11.0. The van der Waals surface area contributed by atoms with Crippen LogP contribution in [-0.4, -0.2) is 42.9 Å². The Balaban J connectivity index is 1.62. The number of para-hydroxylation sites is 2. The molecule has 0 spiro atoms. The molecule has 3 rings (SSSR count). The zero-order valence-corrected chi connectivity index (χ0v) is 18.1. The van der Waals surface area contributed by atoms with Gasteiger partial charge in [-0.25, -0.2) is 0 Å². The largest absolute Gasteiger partial charge is 0.325 e. The van der Waals surface area contributed by atoms with E-state index in [1.54, 1.807) is 4.90 Å². The van der Waals surface area contributed by atoms with Crippen LogP contribution < -0.4 is 10.2 Å². The normalized spacial score (nSPS) is 14.5. The van der Waals surface area contributed by atoms with Crippen molar-refractivity contribution in [3.63, 3.8) is 0 Å². The quantitative estimate of drug-likeness (QED) is 0.702. The second-order valence-electron chi connectivity index (χ2n) is 8.12. The second-order valence-corrected chi connectivity index (χ2v) is 8.12. The summed E-state index contributed by atoms with van der Waals surface area (Å²) in [7, 11) is 1.83. The fraction of sp³-hybridized carbons (Fsp3) is 0.440. The van der Waals surface area contributed by atoms with E-state index in [0.717, 1.165) is 49.0 Å². The number of hydrogen-bond acceptors (Lipinski definition) is 3. The monoisotopic (exact) mass is 407 g/mol. The summed E-state index contributed by atoms with van der Waals surface area (Å²) in [4.78, 5) is 29.5. The lowest BCUT2D eigenvalue weighted by Gasteiger charge is -2.35. The van der Waals surface area contributed by atoms with Crippen LogP contribution in [0.3, 0.4) is 0 Å². The third-order valence-corrected chi connectivity index (χ3v) is 5.73. The first-order chi connectivity index (χ1) is 14.6. The molecule has 30 heavy (non-hydrogen) atoms. The van der Waals surface area contributed by atoms with Gasteiger partial charge in [-0.2, -0.15) is 0 Å². The van der Waals surface area contributed by atoms with Gasteiger partial charge in [0, 0.05) is 17.4 Å². The van der Waals surface area contributed by atoms with Gasteiger partial charge in [-0.05, 0) is 50.1 Å². The molecule has 2 aromatic rings. The predicted molar refractivity (Wildman–Crippen MR) is 123 cm³/mol. The Hall–Kier alpha value is -2.66. The summed E-state index contributed by atoms with van der Waals surface area (Å²) >= 11 is 0. The maximum atomic E-state index is 13.2. The number of rotatable bonds is 8. The smallest absolute Gasteiger partial charge is 0.241 e. The SMILES string of the molecule is CCc1ccccc1NC(=O)CN(C)CC(=O)N(c1ccccc1)C1CCCCC1. The van der Waals surface area contributed by atoms with Crippen molar-refractivity contribution in [2.24, 2.45) is 0 Å². The third kappa shape index (κ3) is 5.92. The van der Waals surface area contributed by atoms with Crippen molar-refractivity contribution in [3.8, 4) is 0 Å². The molecule has 0 unspecified atom stereocenters. The van der Waals surface area contributed by atoms with Gasteiger partial charge >= 0.3 is 0 Å².